The molecule has 1 aliphatic heterocycles. The van der Waals surface area contributed by atoms with Crippen molar-refractivity contribution in [1.29, 1.82) is 0 Å². The van der Waals surface area contributed by atoms with E-state index in [-0.39, 0.29) is 12.0 Å². The van der Waals surface area contributed by atoms with Gasteiger partial charge in [0.05, 0.1) is 6.04 Å². The Hall–Kier alpha value is -2.06. The molecule has 0 radical (unpaired) electrons. The Morgan fingerprint density at radius 1 is 1.39 bits per heavy atom. The van der Waals surface area contributed by atoms with E-state index in [1.807, 2.05) is 32.0 Å². The first-order valence-electron chi connectivity index (χ1n) is 6.06. The number of hydrogen-bond donors (Lipinski definition) is 0. The van der Waals surface area contributed by atoms with Crippen molar-refractivity contribution in [2.45, 2.75) is 32.2 Å². The number of azide groups is 1. The molecule has 1 aromatic rings. The van der Waals surface area contributed by atoms with Crippen molar-refractivity contribution < 1.29 is 0 Å². The van der Waals surface area contributed by atoms with Crippen LogP contribution in [0.15, 0.2) is 52.2 Å². The fraction of sp³-hybridized carbons (Fsp3) is 0.357. The first kappa shape index (κ1) is 12.4. The van der Waals surface area contributed by atoms with E-state index in [1.54, 1.807) is 0 Å². The van der Waals surface area contributed by atoms with E-state index in [2.05, 4.69) is 33.2 Å². The zero-order chi connectivity index (χ0) is 13.0. The molecule has 18 heavy (non-hydrogen) atoms. The van der Waals surface area contributed by atoms with Crippen molar-refractivity contribution in [2.75, 3.05) is 0 Å². The van der Waals surface area contributed by atoms with Crippen molar-refractivity contribution in [3.8, 4) is 0 Å². The summed E-state index contributed by atoms with van der Waals surface area (Å²) in [6.45, 7) is 3.87. The minimum atomic E-state index is -0.205. The van der Waals surface area contributed by atoms with Gasteiger partial charge in [0.25, 0.3) is 0 Å². The molecule has 0 saturated heterocycles. The Morgan fingerprint density at radius 2 is 2.11 bits per heavy atom. The lowest BCUT2D eigenvalue weighted by Gasteiger charge is -2.24. The maximum atomic E-state index is 8.58. The summed E-state index contributed by atoms with van der Waals surface area (Å²) in [5.74, 6) is 0.218. The average Bonchev–Trinajstić information content (AvgIpc) is 2.40. The van der Waals surface area contributed by atoms with Crippen molar-refractivity contribution in [1.82, 2.24) is 0 Å². The standard InChI is InChI=1S/C14H16N4/c1-10-8-9-13(12-6-4-3-5-7-12)14(16-10)11(2)17-18-15/h3-8,11,13H,9H2,1-2H3. The lowest BCUT2D eigenvalue weighted by Crippen LogP contribution is -2.24. The largest absolute Gasteiger partial charge is 0.262 e. The summed E-state index contributed by atoms with van der Waals surface area (Å²) in [4.78, 5) is 7.46. The smallest absolute Gasteiger partial charge is 0.0737 e. The fourth-order valence-corrected chi connectivity index (χ4v) is 2.25. The second-order valence-electron chi connectivity index (χ2n) is 4.46. The van der Waals surface area contributed by atoms with Gasteiger partial charge in [0, 0.05) is 22.2 Å². The summed E-state index contributed by atoms with van der Waals surface area (Å²) in [6, 6.07) is 10.0. The van der Waals surface area contributed by atoms with Gasteiger partial charge in [0.2, 0.25) is 0 Å². The summed E-state index contributed by atoms with van der Waals surface area (Å²) in [5.41, 5.74) is 11.8. The molecule has 0 aliphatic carbocycles. The third-order valence-corrected chi connectivity index (χ3v) is 3.17. The van der Waals surface area contributed by atoms with Gasteiger partial charge in [-0.15, -0.1) is 0 Å². The molecular weight excluding hydrogens is 224 g/mol. The van der Waals surface area contributed by atoms with Crippen LogP contribution in [0.3, 0.4) is 0 Å². The van der Waals surface area contributed by atoms with Gasteiger partial charge in [-0.2, -0.15) is 0 Å². The Bertz CT molecular complexity index is 524. The Balaban J connectivity index is 2.36. The second kappa shape index (κ2) is 5.52. The molecule has 0 saturated carbocycles. The van der Waals surface area contributed by atoms with Crippen LogP contribution in [0.5, 0.6) is 0 Å². The highest BCUT2D eigenvalue weighted by molar-refractivity contribution is 5.96. The molecule has 0 fully saturated rings. The van der Waals surface area contributed by atoms with E-state index in [0.29, 0.717) is 0 Å². The normalized spacial score (nSPS) is 20.4. The highest BCUT2D eigenvalue weighted by atomic mass is 15.2. The Morgan fingerprint density at radius 3 is 2.78 bits per heavy atom. The Kier molecular flexibility index (Phi) is 3.80. The number of nitrogens with zero attached hydrogens (tertiary/aromatic N) is 4. The summed E-state index contributed by atoms with van der Waals surface area (Å²) in [5, 5.41) is 3.78. The van der Waals surface area contributed by atoms with Crippen LogP contribution in [0.25, 0.3) is 10.4 Å². The predicted octanol–water partition coefficient (Wildman–Crippen LogP) is 4.22. The maximum Gasteiger partial charge on any atom is 0.0737 e. The molecule has 0 aromatic heterocycles. The molecule has 4 heteroatoms. The van der Waals surface area contributed by atoms with Gasteiger partial charge in [-0.05, 0) is 24.4 Å². The second-order valence-corrected chi connectivity index (χ2v) is 4.46. The molecule has 92 valence electrons. The molecule has 0 amide bonds. The lowest BCUT2D eigenvalue weighted by molar-refractivity contribution is 0.803. The van der Waals surface area contributed by atoms with E-state index in [0.717, 1.165) is 17.8 Å². The molecule has 0 N–H and O–H groups in total. The molecule has 2 atom stereocenters. The van der Waals surface area contributed by atoms with Gasteiger partial charge in [-0.1, -0.05) is 48.4 Å². The van der Waals surface area contributed by atoms with Crippen molar-refractivity contribution in [3.05, 3.63) is 58.1 Å². The molecule has 2 rings (SSSR count). The van der Waals surface area contributed by atoms with E-state index in [4.69, 9.17) is 5.53 Å². The Labute approximate surface area is 107 Å². The summed E-state index contributed by atoms with van der Waals surface area (Å²) < 4.78 is 0. The molecule has 0 bridgehead atoms. The average molecular weight is 240 g/mol. The zero-order valence-electron chi connectivity index (χ0n) is 10.6. The van der Waals surface area contributed by atoms with Crippen molar-refractivity contribution >= 4 is 5.71 Å². The minimum Gasteiger partial charge on any atom is -0.262 e. The first-order chi connectivity index (χ1) is 8.72. The zero-order valence-corrected chi connectivity index (χ0v) is 10.6. The van der Waals surface area contributed by atoms with Crippen molar-refractivity contribution in [3.63, 3.8) is 0 Å². The van der Waals surface area contributed by atoms with Crippen LogP contribution < -0.4 is 0 Å². The molecule has 1 aliphatic rings. The monoisotopic (exact) mass is 240 g/mol. The minimum absolute atomic E-state index is 0.205. The van der Waals surface area contributed by atoms with E-state index < -0.39 is 0 Å². The number of hydrogen-bond acceptors (Lipinski definition) is 2. The number of allylic oxidation sites excluding steroid dienone is 2. The van der Waals surface area contributed by atoms with Gasteiger partial charge < -0.3 is 0 Å². The highest BCUT2D eigenvalue weighted by Gasteiger charge is 2.24. The molecule has 4 nitrogen and oxygen atoms in total. The summed E-state index contributed by atoms with van der Waals surface area (Å²) in [6.07, 6.45) is 3.05. The SMILES string of the molecule is CC1=CCC(c2ccccc2)C(C(C)N=[N+]=[N-])=N1. The molecular formula is C14H16N4. The van der Waals surface area contributed by atoms with Crippen LogP contribution in [0.4, 0.5) is 0 Å². The number of aliphatic imine (C=N–C) groups is 1. The molecule has 0 spiro atoms. The topological polar surface area (TPSA) is 61.1 Å². The van der Waals surface area contributed by atoms with Gasteiger partial charge >= 0.3 is 0 Å². The summed E-state index contributed by atoms with van der Waals surface area (Å²) in [7, 11) is 0. The van der Waals surface area contributed by atoms with Crippen LogP contribution >= 0.6 is 0 Å². The van der Waals surface area contributed by atoms with Crippen LogP contribution in [-0.4, -0.2) is 11.8 Å². The lowest BCUT2D eigenvalue weighted by atomic mass is 9.86. The van der Waals surface area contributed by atoms with Crippen molar-refractivity contribution in [2.24, 2.45) is 10.1 Å². The number of rotatable bonds is 3. The predicted molar refractivity (Wildman–Crippen MR) is 73.6 cm³/mol. The summed E-state index contributed by atoms with van der Waals surface area (Å²) >= 11 is 0. The highest BCUT2D eigenvalue weighted by Crippen LogP contribution is 2.29. The van der Waals surface area contributed by atoms with Gasteiger partial charge in [0.1, 0.15) is 0 Å². The maximum absolute atomic E-state index is 8.58. The first-order valence-corrected chi connectivity index (χ1v) is 6.06. The molecule has 1 aromatic carbocycles. The van der Waals surface area contributed by atoms with Gasteiger partial charge in [-0.3, -0.25) is 4.99 Å². The molecule has 1 heterocycles. The van der Waals surface area contributed by atoms with E-state index >= 15 is 0 Å². The van der Waals surface area contributed by atoms with E-state index in [9.17, 15) is 0 Å². The van der Waals surface area contributed by atoms with Crippen LogP contribution in [0, 0.1) is 0 Å². The van der Waals surface area contributed by atoms with Crippen LogP contribution in [0.1, 0.15) is 31.7 Å². The van der Waals surface area contributed by atoms with Crippen LogP contribution in [0.2, 0.25) is 0 Å². The van der Waals surface area contributed by atoms with Gasteiger partial charge in [-0.25, -0.2) is 0 Å². The third kappa shape index (κ3) is 2.60. The van der Waals surface area contributed by atoms with E-state index in [1.165, 1.54) is 5.56 Å². The fourth-order valence-electron chi connectivity index (χ4n) is 2.25. The van der Waals surface area contributed by atoms with Gasteiger partial charge in [0.15, 0.2) is 0 Å². The quantitative estimate of drug-likeness (QED) is 0.431. The third-order valence-electron chi connectivity index (χ3n) is 3.17. The van der Waals surface area contributed by atoms with Crippen LogP contribution in [-0.2, 0) is 0 Å². The number of benzene rings is 1. The molecule has 2 unspecified atom stereocenters.